The van der Waals surface area contributed by atoms with Gasteiger partial charge < -0.3 is 0 Å². The van der Waals surface area contributed by atoms with Gasteiger partial charge in [0.2, 0.25) is 0 Å². The summed E-state index contributed by atoms with van der Waals surface area (Å²) >= 11 is 0. The Hall–Kier alpha value is -0.120. The SMILES string of the molecule is CC1(C2CCCCOOO2)CCCCCCC1. The molecule has 1 aliphatic carbocycles. The Balaban J connectivity index is 1.94. The van der Waals surface area contributed by atoms with Crippen LogP contribution in [0.5, 0.6) is 0 Å². The predicted molar refractivity (Wildman–Crippen MR) is 66.2 cm³/mol. The quantitative estimate of drug-likeness (QED) is 0.646. The molecule has 0 N–H and O–H groups in total. The second kappa shape index (κ2) is 6.72. The van der Waals surface area contributed by atoms with E-state index < -0.39 is 0 Å². The van der Waals surface area contributed by atoms with Crippen molar-refractivity contribution < 1.29 is 14.8 Å². The van der Waals surface area contributed by atoms with Gasteiger partial charge >= 0.3 is 0 Å². The highest BCUT2D eigenvalue weighted by molar-refractivity contribution is 4.84. The molecule has 0 aromatic carbocycles. The van der Waals surface area contributed by atoms with Gasteiger partial charge in [0.25, 0.3) is 0 Å². The van der Waals surface area contributed by atoms with Gasteiger partial charge in [-0.2, -0.15) is 0 Å². The number of hydrogen-bond donors (Lipinski definition) is 0. The summed E-state index contributed by atoms with van der Waals surface area (Å²) in [5, 5.41) is 4.88. The van der Waals surface area contributed by atoms with Crippen molar-refractivity contribution in [2.75, 3.05) is 6.61 Å². The highest BCUT2D eigenvalue weighted by Crippen LogP contribution is 2.40. The molecule has 0 aromatic rings. The van der Waals surface area contributed by atoms with E-state index in [0.29, 0.717) is 6.61 Å². The molecule has 100 valence electrons. The van der Waals surface area contributed by atoms with Crippen LogP contribution in [0.2, 0.25) is 0 Å². The minimum atomic E-state index is 0.209. The summed E-state index contributed by atoms with van der Waals surface area (Å²) in [5.41, 5.74) is 0.279. The Morgan fingerprint density at radius 3 is 2.35 bits per heavy atom. The molecule has 1 heterocycles. The summed E-state index contributed by atoms with van der Waals surface area (Å²) in [7, 11) is 0. The van der Waals surface area contributed by atoms with Gasteiger partial charge in [0.1, 0.15) is 6.10 Å². The minimum Gasteiger partial charge on any atom is -0.206 e. The second-order valence-electron chi connectivity index (χ2n) is 5.89. The van der Waals surface area contributed by atoms with E-state index in [1.54, 1.807) is 0 Å². The first kappa shape index (κ1) is 13.3. The van der Waals surface area contributed by atoms with Gasteiger partial charge in [-0.3, -0.25) is 0 Å². The molecular formula is C14H26O3. The molecule has 0 aromatic heterocycles. The lowest BCUT2D eigenvalue weighted by atomic mass is 9.72. The molecule has 0 bridgehead atoms. The predicted octanol–water partition coefficient (Wildman–Crippen LogP) is 4.17. The zero-order valence-electron chi connectivity index (χ0n) is 11.1. The van der Waals surface area contributed by atoms with E-state index in [9.17, 15) is 0 Å². The lowest BCUT2D eigenvalue weighted by Gasteiger charge is -2.38. The van der Waals surface area contributed by atoms with Gasteiger partial charge in [0.15, 0.2) is 0 Å². The fourth-order valence-corrected chi connectivity index (χ4v) is 3.15. The van der Waals surface area contributed by atoms with Crippen molar-refractivity contribution in [1.29, 1.82) is 0 Å². The van der Waals surface area contributed by atoms with Gasteiger partial charge in [0, 0.05) is 0 Å². The van der Waals surface area contributed by atoms with E-state index in [0.717, 1.165) is 12.8 Å². The lowest BCUT2D eigenvalue weighted by molar-refractivity contribution is -0.537. The van der Waals surface area contributed by atoms with Gasteiger partial charge in [-0.15, -0.1) is 0 Å². The highest BCUT2D eigenvalue weighted by atomic mass is 17.5. The first-order valence-corrected chi connectivity index (χ1v) is 7.26. The Morgan fingerprint density at radius 1 is 0.882 bits per heavy atom. The van der Waals surface area contributed by atoms with Crippen LogP contribution in [-0.4, -0.2) is 12.7 Å². The van der Waals surface area contributed by atoms with E-state index in [-0.39, 0.29) is 11.5 Å². The van der Waals surface area contributed by atoms with Crippen LogP contribution in [-0.2, 0) is 14.8 Å². The van der Waals surface area contributed by atoms with Crippen LogP contribution in [0, 0.1) is 5.41 Å². The zero-order chi connectivity index (χ0) is 12.0. The fraction of sp³-hybridized carbons (Fsp3) is 1.00. The third kappa shape index (κ3) is 3.94. The summed E-state index contributed by atoms with van der Waals surface area (Å²) in [6, 6.07) is 0. The molecule has 0 spiro atoms. The molecule has 1 unspecified atom stereocenters. The molecule has 1 saturated heterocycles. The van der Waals surface area contributed by atoms with E-state index >= 15 is 0 Å². The van der Waals surface area contributed by atoms with E-state index in [1.165, 1.54) is 51.4 Å². The van der Waals surface area contributed by atoms with Crippen molar-refractivity contribution in [3.63, 3.8) is 0 Å². The fourth-order valence-electron chi connectivity index (χ4n) is 3.15. The van der Waals surface area contributed by atoms with Crippen molar-refractivity contribution in [3.8, 4) is 0 Å². The van der Waals surface area contributed by atoms with Crippen LogP contribution < -0.4 is 0 Å². The average molecular weight is 242 g/mol. The van der Waals surface area contributed by atoms with Crippen LogP contribution in [0.25, 0.3) is 0 Å². The van der Waals surface area contributed by atoms with E-state index in [1.807, 2.05) is 0 Å². The normalized spacial score (nSPS) is 31.9. The van der Waals surface area contributed by atoms with Crippen LogP contribution in [0.4, 0.5) is 0 Å². The monoisotopic (exact) mass is 242 g/mol. The standard InChI is InChI=1S/C14H26O3/c1-14(10-6-3-2-4-7-11-14)13-9-5-8-12-15-17-16-13/h13H,2-12H2,1H3. The molecule has 2 aliphatic rings. The lowest BCUT2D eigenvalue weighted by Crippen LogP contribution is -2.36. The minimum absolute atomic E-state index is 0.209. The smallest absolute Gasteiger partial charge is 0.101 e. The average Bonchev–Trinajstić information content (AvgIpc) is 2.23. The first-order chi connectivity index (χ1) is 8.31. The van der Waals surface area contributed by atoms with Crippen molar-refractivity contribution in [1.82, 2.24) is 0 Å². The Labute approximate surface area is 105 Å². The van der Waals surface area contributed by atoms with E-state index in [4.69, 9.17) is 14.8 Å². The molecular weight excluding hydrogens is 216 g/mol. The molecule has 3 heteroatoms. The van der Waals surface area contributed by atoms with Crippen LogP contribution in [0.3, 0.4) is 0 Å². The molecule has 1 saturated carbocycles. The topological polar surface area (TPSA) is 27.7 Å². The Bertz CT molecular complexity index is 202. The summed E-state index contributed by atoms with van der Waals surface area (Å²) in [4.78, 5) is 10.5. The first-order valence-electron chi connectivity index (χ1n) is 7.26. The molecule has 1 atom stereocenters. The molecule has 0 amide bonds. The van der Waals surface area contributed by atoms with Gasteiger partial charge in [0.05, 0.1) is 6.61 Å². The number of rotatable bonds is 1. The van der Waals surface area contributed by atoms with E-state index in [2.05, 4.69) is 6.92 Å². The maximum atomic E-state index is 5.50. The highest BCUT2D eigenvalue weighted by Gasteiger charge is 2.36. The van der Waals surface area contributed by atoms with Crippen molar-refractivity contribution in [3.05, 3.63) is 0 Å². The largest absolute Gasteiger partial charge is 0.206 e. The van der Waals surface area contributed by atoms with Crippen molar-refractivity contribution in [2.24, 2.45) is 5.41 Å². The van der Waals surface area contributed by atoms with Gasteiger partial charge in [-0.1, -0.05) is 44.1 Å². The molecule has 3 nitrogen and oxygen atoms in total. The van der Waals surface area contributed by atoms with Crippen molar-refractivity contribution >= 4 is 0 Å². The zero-order valence-corrected chi connectivity index (χ0v) is 11.1. The summed E-state index contributed by atoms with van der Waals surface area (Å²) in [5.74, 6) is 0. The summed E-state index contributed by atoms with van der Waals surface area (Å²) in [6.07, 6.45) is 12.9. The molecule has 17 heavy (non-hydrogen) atoms. The third-order valence-corrected chi connectivity index (χ3v) is 4.42. The third-order valence-electron chi connectivity index (χ3n) is 4.42. The van der Waals surface area contributed by atoms with Crippen LogP contribution in [0.15, 0.2) is 0 Å². The molecule has 0 radical (unpaired) electrons. The molecule has 2 rings (SSSR count). The second-order valence-corrected chi connectivity index (χ2v) is 5.89. The summed E-state index contributed by atoms with van der Waals surface area (Å²) in [6.45, 7) is 3.03. The van der Waals surface area contributed by atoms with Gasteiger partial charge in [-0.05, 0) is 37.5 Å². The van der Waals surface area contributed by atoms with Crippen LogP contribution >= 0.6 is 0 Å². The number of hydrogen-bond acceptors (Lipinski definition) is 3. The van der Waals surface area contributed by atoms with Crippen molar-refractivity contribution in [2.45, 2.75) is 77.2 Å². The Morgan fingerprint density at radius 2 is 1.59 bits per heavy atom. The molecule has 1 aliphatic heterocycles. The summed E-state index contributed by atoms with van der Waals surface area (Å²) < 4.78 is 0. The maximum absolute atomic E-state index is 5.50. The maximum Gasteiger partial charge on any atom is 0.101 e. The molecule has 2 fully saturated rings. The van der Waals surface area contributed by atoms with Gasteiger partial charge in [-0.25, -0.2) is 9.78 Å². The van der Waals surface area contributed by atoms with Crippen LogP contribution in [0.1, 0.15) is 71.1 Å². The Kier molecular flexibility index (Phi) is 5.26.